The van der Waals surface area contributed by atoms with E-state index in [1.54, 1.807) is 0 Å². The topological polar surface area (TPSA) is 215 Å². The van der Waals surface area contributed by atoms with Crippen LogP contribution in [0, 0.1) is 0 Å². The maximum Gasteiger partial charge on any atom is 0.325 e. The summed E-state index contributed by atoms with van der Waals surface area (Å²) >= 11 is 3.94. The number of thiol groups is 1. The van der Waals surface area contributed by atoms with Crippen LogP contribution in [-0.4, -0.2) is 71.2 Å². The first-order chi connectivity index (χ1) is 13.0. The molecule has 4 atom stereocenters. The van der Waals surface area contributed by atoms with Gasteiger partial charge < -0.3 is 38.3 Å². The molecule has 28 heavy (non-hydrogen) atoms. The van der Waals surface area contributed by atoms with E-state index >= 15 is 0 Å². The van der Waals surface area contributed by atoms with Gasteiger partial charge in [-0.2, -0.15) is 12.6 Å². The smallest absolute Gasteiger partial charge is 0.325 e. The number of carbonyl (C=O) groups is 4. The van der Waals surface area contributed by atoms with Gasteiger partial charge in [-0.3, -0.25) is 24.2 Å². The zero-order valence-electron chi connectivity index (χ0n) is 15.8. The fourth-order valence-electron chi connectivity index (χ4n) is 1.91. The molecule has 0 heterocycles. The Labute approximate surface area is 168 Å². The van der Waals surface area contributed by atoms with Gasteiger partial charge in [0.1, 0.15) is 18.1 Å². The fraction of sp³-hybridized carbons (Fsp3) is 0.667. The van der Waals surface area contributed by atoms with Crippen molar-refractivity contribution in [1.29, 1.82) is 0 Å². The average molecular weight is 420 g/mol. The third-order valence-electron chi connectivity index (χ3n) is 3.59. The largest absolute Gasteiger partial charge is 0.480 e. The second-order valence-corrected chi connectivity index (χ2v) is 6.46. The Hall–Kier alpha value is -2.54. The second-order valence-electron chi connectivity index (χ2n) is 6.10. The van der Waals surface area contributed by atoms with Gasteiger partial charge in [0, 0.05) is 12.3 Å². The molecule has 0 aromatic heterocycles. The molecule has 3 amide bonds. The van der Waals surface area contributed by atoms with Crippen LogP contribution >= 0.6 is 12.6 Å². The SMILES string of the molecule is CC(NC(=O)C(C)NC(=O)C(CCCN=C(N)N)NC(=O)C(N)CS)C(=O)O. The first-order valence-electron chi connectivity index (χ1n) is 8.55. The summed E-state index contributed by atoms with van der Waals surface area (Å²) in [5.41, 5.74) is 16.1. The van der Waals surface area contributed by atoms with E-state index in [-0.39, 0.29) is 24.7 Å². The van der Waals surface area contributed by atoms with E-state index in [0.29, 0.717) is 6.42 Å². The Morgan fingerprint density at radius 2 is 1.57 bits per heavy atom. The minimum Gasteiger partial charge on any atom is -0.480 e. The molecule has 0 bridgehead atoms. The van der Waals surface area contributed by atoms with Gasteiger partial charge in [-0.1, -0.05) is 0 Å². The standard InChI is InChI=1S/C15H29N7O5S/c1-7(11(23)21-8(2)14(26)27)20-13(25)10(4-3-5-19-15(17)18)22-12(24)9(16)6-28/h7-10,28H,3-6,16H2,1-2H3,(H,20,25)(H,21,23)(H,22,24)(H,26,27)(H4,17,18,19). The summed E-state index contributed by atoms with van der Waals surface area (Å²) in [6, 6.07) is -4.03. The Balaban J connectivity index is 4.96. The molecule has 0 aliphatic rings. The van der Waals surface area contributed by atoms with Crippen molar-refractivity contribution in [2.24, 2.45) is 22.2 Å². The molecule has 0 radical (unpaired) electrons. The highest BCUT2D eigenvalue weighted by Crippen LogP contribution is 2.01. The molecule has 0 rings (SSSR count). The summed E-state index contributed by atoms with van der Waals surface area (Å²) in [5.74, 6) is -3.11. The van der Waals surface area contributed by atoms with Crippen molar-refractivity contribution in [2.45, 2.75) is 50.9 Å². The van der Waals surface area contributed by atoms with Crippen LogP contribution in [0.2, 0.25) is 0 Å². The molecule has 0 aromatic carbocycles. The molecule has 0 aromatic rings. The number of aliphatic carboxylic acids is 1. The van der Waals surface area contributed by atoms with Crippen LogP contribution in [0.3, 0.4) is 0 Å². The van der Waals surface area contributed by atoms with Gasteiger partial charge in [0.15, 0.2) is 5.96 Å². The van der Waals surface area contributed by atoms with Crippen LogP contribution in [0.5, 0.6) is 0 Å². The van der Waals surface area contributed by atoms with Crippen molar-refractivity contribution in [3.05, 3.63) is 0 Å². The molecule has 4 unspecified atom stereocenters. The molecular formula is C15H29N7O5S. The van der Waals surface area contributed by atoms with E-state index in [1.807, 2.05) is 0 Å². The summed E-state index contributed by atoms with van der Waals surface area (Å²) in [4.78, 5) is 51.0. The first kappa shape index (κ1) is 25.5. The maximum atomic E-state index is 12.5. The van der Waals surface area contributed by atoms with E-state index in [9.17, 15) is 19.2 Å². The maximum absolute atomic E-state index is 12.5. The van der Waals surface area contributed by atoms with Crippen molar-refractivity contribution in [3.8, 4) is 0 Å². The quantitative estimate of drug-likeness (QED) is 0.0698. The summed E-state index contributed by atoms with van der Waals surface area (Å²) in [5, 5.41) is 16.0. The van der Waals surface area contributed by atoms with Crippen LogP contribution < -0.4 is 33.2 Å². The van der Waals surface area contributed by atoms with Gasteiger partial charge in [-0.15, -0.1) is 0 Å². The molecule has 13 heteroatoms. The first-order valence-corrected chi connectivity index (χ1v) is 9.18. The lowest BCUT2D eigenvalue weighted by molar-refractivity contribution is -0.141. The Morgan fingerprint density at radius 1 is 1.00 bits per heavy atom. The van der Waals surface area contributed by atoms with E-state index in [2.05, 4.69) is 33.6 Å². The van der Waals surface area contributed by atoms with E-state index < -0.39 is 47.9 Å². The Morgan fingerprint density at radius 3 is 2.07 bits per heavy atom. The highest BCUT2D eigenvalue weighted by Gasteiger charge is 2.26. The average Bonchev–Trinajstić information content (AvgIpc) is 2.62. The molecular weight excluding hydrogens is 390 g/mol. The number of aliphatic imine (C=N–C) groups is 1. The number of nitrogens with zero attached hydrogens (tertiary/aromatic N) is 1. The van der Waals surface area contributed by atoms with E-state index in [1.165, 1.54) is 13.8 Å². The van der Waals surface area contributed by atoms with Crippen LogP contribution in [0.15, 0.2) is 4.99 Å². The molecule has 0 fully saturated rings. The molecule has 0 aliphatic carbocycles. The van der Waals surface area contributed by atoms with E-state index in [4.69, 9.17) is 22.3 Å². The minimum atomic E-state index is -1.21. The van der Waals surface area contributed by atoms with Crippen LogP contribution in [0.1, 0.15) is 26.7 Å². The van der Waals surface area contributed by atoms with Crippen LogP contribution in [-0.2, 0) is 19.2 Å². The van der Waals surface area contributed by atoms with Crippen LogP contribution in [0.4, 0.5) is 0 Å². The second kappa shape index (κ2) is 12.8. The minimum absolute atomic E-state index is 0.0834. The Kier molecular flexibility index (Phi) is 11.6. The van der Waals surface area contributed by atoms with Crippen molar-refractivity contribution in [1.82, 2.24) is 16.0 Å². The molecule has 160 valence electrons. The van der Waals surface area contributed by atoms with Crippen molar-refractivity contribution in [3.63, 3.8) is 0 Å². The molecule has 0 saturated heterocycles. The summed E-state index contributed by atoms with van der Waals surface area (Å²) in [6.07, 6.45) is 0.566. The van der Waals surface area contributed by atoms with Gasteiger partial charge >= 0.3 is 5.97 Å². The number of rotatable bonds is 12. The normalized spacial score (nSPS) is 14.7. The molecule has 10 N–H and O–H groups in total. The van der Waals surface area contributed by atoms with Crippen LogP contribution in [0.25, 0.3) is 0 Å². The predicted molar refractivity (Wildman–Crippen MR) is 107 cm³/mol. The number of hydrogen-bond acceptors (Lipinski definition) is 7. The zero-order valence-corrected chi connectivity index (χ0v) is 16.7. The highest BCUT2D eigenvalue weighted by molar-refractivity contribution is 7.80. The number of guanidine groups is 1. The molecule has 0 spiro atoms. The molecule has 0 aliphatic heterocycles. The summed E-state index contributed by atoms with van der Waals surface area (Å²) in [6.45, 7) is 2.92. The number of hydrogen-bond donors (Lipinski definition) is 8. The zero-order chi connectivity index (χ0) is 21.9. The van der Waals surface area contributed by atoms with Crippen molar-refractivity contribution in [2.75, 3.05) is 12.3 Å². The third kappa shape index (κ3) is 9.97. The number of nitrogens with one attached hydrogen (secondary N) is 3. The number of amides is 3. The molecule has 12 nitrogen and oxygen atoms in total. The van der Waals surface area contributed by atoms with E-state index in [0.717, 1.165) is 0 Å². The van der Waals surface area contributed by atoms with Gasteiger partial charge in [0.05, 0.1) is 6.04 Å². The fourth-order valence-corrected chi connectivity index (χ4v) is 2.08. The van der Waals surface area contributed by atoms with Gasteiger partial charge in [-0.25, -0.2) is 0 Å². The number of carboxylic acids is 1. The van der Waals surface area contributed by atoms with Gasteiger partial charge in [0.2, 0.25) is 17.7 Å². The predicted octanol–water partition coefficient (Wildman–Crippen LogP) is -3.12. The lowest BCUT2D eigenvalue weighted by atomic mass is 10.1. The number of carbonyl (C=O) groups excluding carboxylic acids is 3. The monoisotopic (exact) mass is 419 g/mol. The lowest BCUT2D eigenvalue weighted by Crippen LogP contribution is -2.56. The van der Waals surface area contributed by atoms with Crippen molar-refractivity contribution >= 4 is 42.3 Å². The summed E-state index contributed by atoms with van der Waals surface area (Å²) < 4.78 is 0. The van der Waals surface area contributed by atoms with Gasteiger partial charge in [0.25, 0.3) is 0 Å². The van der Waals surface area contributed by atoms with Crippen molar-refractivity contribution < 1.29 is 24.3 Å². The van der Waals surface area contributed by atoms with Gasteiger partial charge in [-0.05, 0) is 26.7 Å². The Bertz CT molecular complexity index is 597. The number of carboxylic acid groups (broad SMARTS) is 1. The lowest BCUT2D eigenvalue weighted by Gasteiger charge is -2.22. The number of nitrogens with two attached hydrogens (primary N) is 3. The highest BCUT2D eigenvalue weighted by atomic mass is 32.1. The third-order valence-corrected chi connectivity index (χ3v) is 3.99. The molecule has 0 saturated carbocycles. The summed E-state index contributed by atoms with van der Waals surface area (Å²) in [7, 11) is 0.